The first-order chi connectivity index (χ1) is 10.8. The van der Waals surface area contributed by atoms with Gasteiger partial charge in [-0.2, -0.15) is 5.10 Å². The van der Waals surface area contributed by atoms with E-state index in [2.05, 4.69) is 39.4 Å². The van der Waals surface area contributed by atoms with E-state index in [1.807, 2.05) is 16.8 Å². The highest BCUT2D eigenvalue weighted by Gasteiger charge is 2.10. The summed E-state index contributed by atoms with van der Waals surface area (Å²) in [4.78, 5) is 8.68. The van der Waals surface area contributed by atoms with Crippen LogP contribution in [0.4, 0.5) is 5.82 Å². The molecule has 6 nitrogen and oxygen atoms in total. The number of aromatic nitrogens is 4. The van der Waals surface area contributed by atoms with E-state index in [1.165, 1.54) is 5.56 Å². The topological polar surface area (TPSA) is 64.9 Å². The van der Waals surface area contributed by atoms with Crippen LogP contribution in [0.2, 0.25) is 0 Å². The Morgan fingerprint density at radius 2 is 2.00 bits per heavy atom. The first kappa shape index (κ1) is 14.5. The van der Waals surface area contributed by atoms with Crippen LogP contribution in [0, 0.1) is 6.92 Å². The standard InChI is InChI=1S/C16H19N5O/c1-12-4-6-13(7-5-12)21-16-14(10-20-21)15(18-11-19-16)17-8-3-9-22-2/h4-7,10-11H,3,8-9H2,1-2H3,(H,17,18,19). The number of nitrogens with one attached hydrogen (secondary N) is 1. The van der Waals surface area contributed by atoms with Gasteiger partial charge in [-0.1, -0.05) is 17.7 Å². The number of rotatable bonds is 6. The van der Waals surface area contributed by atoms with E-state index in [0.717, 1.165) is 42.1 Å². The Bertz CT molecular complexity index is 751. The van der Waals surface area contributed by atoms with Gasteiger partial charge in [0.25, 0.3) is 0 Å². The van der Waals surface area contributed by atoms with Crippen molar-refractivity contribution in [3.8, 4) is 5.69 Å². The minimum Gasteiger partial charge on any atom is -0.385 e. The maximum absolute atomic E-state index is 5.05. The van der Waals surface area contributed by atoms with Crippen molar-refractivity contribution >= 4 is 16.9 Å². The number of benzene rings is 1. The molecule has 0 aliphatic carbocycles. The van der Waals surface area contributed by atoms with Gasteiger partial charge >= 0.3 is 0 Å². The summed E-state index contributed by atoms with van der Waals surface area (Å²) in [5, 5.41) is 8.68. The van der Waals surface area contributed by atoms with E-state index in [-0.39, 0.29) is 0 Å². The molecule has 114 valence electrons. The normalized spacial score (nSPS) is 11.0. The fourth-order valence-electron chi connectivity index (χ4n) is 2.28. The van der Waals surface area contributed by atoms with Crippen molar-refractivity contribution in [1.29, 1.82) is 0 Å². The first-order valence-electron chi connectivity index (χ1n) is 7.28. The molecule has 2 aromatic heterocycles. The Labute approximate surface area is 129 Å². The summed E-state index contributed by atoms with van der Waals surface area (Å²) in [6, 6.07) is 8.20. The van der Waals surface area contributed by atoms with Gasteiger partial charge in [0.05, 0.1) is 17.3 Å². The van der Waals surface area contributed by atoms with Gasteiger partial charge in [-0.15, -0.1) is 0 Å². The molecule has 3 aromatic rings. The number of ether oxygens (including phenoxy) is 1. The molecular formula is C16H19N5O. The Hall–Kier alpha value is -2.47. The number of hydrogen-bond acceptors (Lipinski definition) is 5. The average molecular weight is 297 g/mol. The summed E-state index contributed by atoms with van der Waals surface area (Å²) in [5.41, 5.74) is 3.01. The van der Waals surface area contributed by atoms with E-state index in [9.17, 15) is 0 Å². The Kier molecular flexibility index (Phi) is 4.29. The molecule has 0 saturated carbocycles. The Morgan fingerprint density at radius 3 is 2.77 bits per heavy atom. The second kappa shape index (κ2) is 6.53. The third-order valence-corrected chi connectivity index (χ3v) is 3.46. The van der Waals surface area contributed by atoms with Crippen LogP contribution < -0.4 is 5.32 Å². The first-order valence-corrected chi connectivity index (χ1v) is 7.28. The lowest BCUT2D eigenvalue weighted by atomic mass is 10.2. The van der Waals surface area contributed by atoms with Crippen LogP contribution in [0.5, 0.6) is 0 Å². The summed E-state index contributed by atoms with van der Waals surface area (Å²) in [6.07, 6.45) is 4.29. The SMILES string of the molecule is COCCCNc1ncnc2c1cnn2-c1ccc(C)cc1. The molecule has 0 saturated heterocycles. The summed E-state index contributed by atoms with van der Waals surface area (Å²) >= 11 is 0. The van der Waals surface area contributed by atoms with Gasteiger partial charge in [0, 0.05) is 20.3 Å². The molecule has 3 rings (SSSR count). The van der Waals surface area contributed by atoms with Crippen LogP contribution in [0.15, 0.2) is 36.8 Å². The molecular weight excluding hydrogens is 278 g/mol. The molecule has 0 fully saturated rings. The van der Waals surface area contributed by atoms with Crippen LogP contribution in [0.1, 0.15) is 12.0 Å². The van der Waals surface area contributed by atoms with Crippen LogP contribution in [0.25, 0.3) is 16.7 Å². The molecule has 0 spiro atoms. The Morgan fingerprint density at radius 1 is 1.18 bits per heavy atom. The second-order valence-corrected chi connectivity index (χ2v) is 5.12. The van der Waals surface area contributed by atoms with Gasteiger partial charge in [-0.3, -0.25) is 0 Å². The number of nitrogens with zero attached hydrogens (tertiary/aromatic N) is 4. The maximum atomic E-state index is 5.05. The van der Waals surface area contributed by atoms with Gasteiger partial charge < -0.3 is 10.1 Å². The Balaban J connectivity index is 1.90. The van der Waals surface area contributed by atoms with Crippen molar-refractivity contribution in [2.45, 2.75) is 13.3 Å². The summed E-state index contributed by atoms with van der Waals surface area (Å²) < 4.78 is 6.88. The molecule has 1 aromatic carbocycles. The fourth-order valence-corrected chi connectivity index (χ4v) is 2.28. The van der Waals surface area contributed by atoms with Crippen molar-refractivity contribution < 1.29 is 4.74 Å². The number of aryl methyl sites for hydroxylation is 1. The van der Waals surface area contributed by atoms with Crippen molar-refractivity contribution in [3.63, 3.8) is 0 Å². The lowest BCUT2D eigenvalue weighted by Gasteiger charge is -2.06. The van der Waals surface area contributed by atoms with Gasteiger partial charge in [-0.05, 0) is 25.5 Å². The average Bonchev–Trinajstić information content (AvgIpc) is 2.97. The molecule has 0 unspecified atom stereocenters. The zero-order valence-corrected chi connectivity index (χ0v) is 12.8. The molecule has 0 aliphatic rings. The summed E-state index contributed by atoms with van der Waals surface area (Å²) in [5.74, 6) is 0.805. The van der Waals surface area contributed by atoms with Crippen molar-refractivity contribution in [1.82, 2.24) is 19.7 Å². The van der Waals surface area contributed by atoms with Crippen molar-refractivity contribution in [3.05, 3.63) is 42.4 Å². The summed E-state index contributed by atoms with van der Waals surface area (Å²) in [6.45, 7) is 3.59. The number of methoxy groups -OCH3 is 1. The second-order valence-electron chi connectivity index (χ2n) is 5.12. The third kappa shape index (κ3) is 2.92. The highest BCUT2D eigenvalue weighted by Crippen LogP contribution is 2.21. The number of anilines is 1. The fraction of sp³-hybridized carbons (Fsp3) is 0.312. The van der Waals surface area contributed by atoms with E-state index in [1.54, 1.807) is 19.6 Å². The highest BCUT2D eigenvalue weighted by molar-refractivity contribution is 5.87. The van der Waals surface area contributed by atoms with Gasteiger partial charge in [0.1, 0.15) is 12.1 Å². The predicted octanol–water partition coefficient (Wildman–Crippen LogP) is 2.57. The van der Waals surface area contributed by atoms with Crippen LogP contribution in [-0.2, 0) is 4.74 Å². The minimum absolute atomic E-state index is 0.726. The van der Waals surface area contributed by atoms with Crippen LogP contribution >= 0.6 is 0 Å². The maximum Gasteiger partial charge on any atom is 0.168 e. The smallest absolute Gasteiger partial charge is 0.168 e. The van der Waals surface area contributed by atoms with Gasteiger partial charge in [0.15, 0.2) is 5.65 Å². The largest absolute Gasteiger partial charge is 0.385 e. The van der Waals surface area contributed by atoms with E-state index < -0.39 is 0 Å². The molecule has 0 aliphatic heterocycles. The lowest BCUT2D eigenvalue weighted by molar-refractivity contribution is 0.198. The van der Waals surface area contributed by atoms with E-state index in [4.69, 9.17) is 4.74 Å². The van der Waals surface area contributed by atoms with Gasteiger partial charge in [-0.25, -0.2) is 14.6 Å². The number of fused-ring (bicyclic) bond motifs is 1. The monoisotopic (exact) mass is 297 g/mol. The minimum atomic E-state index is 0.726. The van der Waals surface area contributed by atoms with E-state index in [0.29, 0.717) is 0 Å². The lowest BCUT2D eigenvalue weighted by Crippen LogP contribution is -2.06. The van der Waals surface area contributed by atoms with Crippen LogP contribution in [0.3, 0.4) is 0 Å². The molecule has 1 N–H and O–H groups in total. The highest BCUT2D eigenvalue weighted by atomic mass is 16.5. The number of hydrogen-bond donors (Lipinski definition) is 1. The molecule has 6 heteroatoms. The molecule has 0 radical (unpaired) electrons. The predicted molar refractivity (Wildman–Crippen MR) is 86.4 cm³/mol. The third-order valence-electron chi connectivity index (χ3n) is 3.46. The summed E-state index contributed by atoms with van der Waals surface area (Å²) in [7, 11) is 1.70. The molecule has 22 heavy (non-hydrogen) atoms. The van der Waals surface area contributed by atoms with Crippen LogP contribution in [-0.4, -0.2) is 40.0 Å². The quantitative estimate of drug-likeness (QED) is 0.708. The molecule has 2 heterocycles. The zero-order valence-electron chi connectivity index (χ0n) is 12.8. The van der Waals surface area contributed by atoms with Crippen molar-refractivity contribution in [2.75, 3.05) is 25.6 Å². The van der Waals surface area contributed by atoms with Crippen molar-refractivity contribution in [2.24, 2.45) is 0 Å². The molecule has 0 bridgehead atoms. The zero-order chi connectivity index (χ0) is 15.4. The molecule has 0 amide bonds. The molecule has 0 atom stereocenters. The van der Waals surface area contributed by atoms with E-state index >= 15 is 0 Å². The van der Waals surface area contributed by atoms with Gasteiger partial charge in [0.2, 0.25) is 0 Å².